The van der Waals surface area contributed by atoms with Gasteiger partial charge in [-0.2, -0.15) is 0 Å². The van der Waals surface area contributed by atoms with Crippen LogP contribution in [-0.2, 0) is 4.74 Å². The van der Waals surface area contributed by atoms with Gasteiger partial charge in [-0.1, -0.05) is 6.07 Å². The molecule has 1 amide bonds. The number of H-pyrrole nitrogens is 1. The van der Waals surface area contributed by atoms with Crippen LogP contribution in [0.25, 0.3) is 10.9 Å². The minimum absolute atomic E-state index is 0.0624. The molecule has 4 heteroatoms. The van der Waals surface area contributed by atoms with Crippen molar-refractivity contribution in [3.8, 4) is 0 Å². The number of aromatic amines is 1. The molecule has 0 aliphatic heterocycles. The molecule has 0 aliphatic carbocycles. The summed E-state index contributed by atoms with van der Waals surface area (Å²) in [5, 5.41) is 3.80. The van der Waals surface area contributed by atoms with Gasteiger partial charge in [0, 0.05) is 29.2 Å². The summed E-state index contributed by atoms with van der Waals surface area (Å²) in [5.74, 6) is -0.0624. The maximum atomic E-state index is 12.0. The zero-order valence-corrected chi connectivity index (χ0v) is 10.7. The Morgan fingerprint density at radius 3 is 3.00 bits per heavy atom. The number of nitrogens with one attached hydrogen (secondary N) is 2. The van der Waals surface area contributed by atoms with Gasteiger partial charge in [-0.05, 0) is 32.0 Å². The lowest BCUT2D eigenvalue weighted by Crippen LogP contribution is -2.28. The summed E-state index contributed by atoms with van der Waals surface area (Å²) < 4.78 is 5.38. The second kappa shape index (κ2) is 5.69. The van der Waals surface area contributed by atoms with E-state index in [4.69, 9.17) is 4.74 Å². The van der Waals surface area contributed by atoms with E-state index in [2.05, 4.69) is 10.3 Å². The molecule has 0 saturated carbocycles. The number of carbonyl (C=O) groups is 1. The zero-order valence-electron chi connectivity index (χ0n) is 10.7. The molecule has 4 nitrogen and oxygen atoms in total. The molecule has 0 atom stereocenters. The van der Waals surface area contributed by atoms with Gasteiger partial charge in [0.25, 0.3) is 5.91 Å². The molecular weight excluding hydrogens is 228 g/mol. The van der Waals surface area contributed by atoms with Crippen molar-refractivity contribution in [1.82, 2.24) is 10.3 Å². The van der Waals surface area contributed by atoms with Crippen molar-refractivity contribution in [3.63, 3.8) is 0 Å². The molecule has 1 aromatic carbocycles. The van der Waals surface area contributed by atoms with Crippen LogP contribution < -0.4 is 5.32 Å². The maximum absolute atomic E-state index is 12.0. The van der Waals surface area contributed by atoms with Gasteiger partial charge in [0.2, 0.25) is 0 Å². The first-order chi connectivity index (χ1) is 8.68. The minimum atomic E-state index is -0.0624. The van der Waals surface area contributed by atoms with Crippen molar-refractivity contribution in [3.05, 3.63) is 36.0 Å². The Bertz CT molecular complexity index is 531. The number of aromatic nitrogens is 1. The van der Waals surface area contributed by atoms with Gasteiger partial charge < -0.3 is 15.0 Å². The topological polar surface area (TPSA) is 54.1 Å². The fourth-order valence-corrected chi connectivity index (χ4v) is 1.84. The lowest BCUT2D eigenvalue weighted by atomic mass is 10.1. The molecule has 1 aromatic heterocycles. The highest BCUT2D eigenvalue weighted by molar-refractivity contribution is 6.06. The molecule has 0 radical (unpaired) electrons. The predicted octanol–water partition coefficient (Wildman–Crippen LogP) is 2.32. The van der Waals surface area contributed by atoms with Crippen LogP contribution >= 0.6 is 0 Å². The molecule has 0 aliphatic rings. The monoisotopic (exact) mass is 246 g/mol. The standard InChI is InChI=1S/C14H18N2O2/c1-10(2)18-9-8-16-14(17)12-4-3-5-13-11(12)6-7-15-13/h3-7,10,15H,8-9H2,1-2H3,(H,16,17). The van der Waals surface area contributed by atoms with E-state index in [-0.39, 0.29) is 12.0 Å². The lowest BCUT2D eigenvalue weighted by Gasteiger charge is -2.09. The van der Waals surface area contributed by atoms with Crippen LogP contribution in [0.1, 0.15) is 24.2 Å². The summed E-state index contributed by atoms with van der Waals surface area (Å²) in [6.07, 6.45) is 2.03. The van der Waals surface area contributed by atoms with Crippen LogP contribution in [0.4, 0.5) is 0 Å². The number of fused-ring (bicyclic) bond motifs is 1. The van der Waals surface area contributed by atoms with Gasteiger partial charge in [0.1, 0.15) is 0 Å². The van der Waals surface area contributed by atoms with Crippen LogP contribution in [-0.4, -0.2) is 30.1 Å². The fourth-order valence-electron chi connectivity index (χ4n) is 1.84. The van der Waals surface area contributed by atoms with Crippen LogP contribution in [0, 0.1) is 0 Å². The minimum Gasteiger partial charge on any atom is -0.377 e. The molecule has 1 heterocycles. The van der Waals surface area contributed by atoms with Crippen molar-refractivity contribution in [1.29, 1.82) is 0 Å². The van der Waals surface area contributed by atoms with Gasteiger partial charge >= 0.3 is 0 Å². The first-order valence-corrected chi connectivity index (χ1v) is 6.14. The third-order valence-corrected chi connectivity index (χ3v) is 2.68. The van der Waals surface area contributed by atoms with E-state index in [0.717, 1.165) is 10.9 Å². The van der Waals surface area contributed by atoms with Crippen LogP contribution in [0.2, 0.25) is 0 Å². The van der Waals surface area contributed by atoms with E-state index in [1.54, 1.807) is 0 Å². The summed E-state index contributed by atoms with van der Waals surface area (Å²) in [6, 6.07) is 7.57. The molecule has 96 valence electrons. The number of carbonyl (C=O) groups excluding carboxylic acids is 1. The Balaban J connectivity index is 1.98. The second-order valence-corrected chi connectivity index (χ2v) is 4.42. The van der Waals surface area contributed by atoms with Crippen LogP contribution in [0.5, 0.6) is 0 Å². The number of benzene rings is 1. The third-order valence-electron chi connectivity index (χ3n) is 2.68. The number of rotatable bonds is 5. The van der Waals surface area contributed by atoms with E-state index in [9.17, 15) is 4.79 Å². The Morgan fingerprint density at radius 2 is 2.22 bits per heavy atom. The van der Waals surface area contributed by atoms with Crippen molar-refractivity contribution < 1.29 is 9.53 Å². The SMILES string of the molecule is CC(C)OCCNC(=O)c1cccc2[nH]ccc12. The van der Waals surface area contributed by atoms with Gasteiger partial charge in [-0.25, -0.2) is 0 Å². The first-order valence-electron chi connectivity index (χ1n) is 6.14. The molecule has 0 fully saturated rings. The molecule has 2 rings (SSSR count). The van der Waals surface area contributed by atoms with Crippen molar-refractivity contribution in [2.24, 2.45) is 0 Å². The smallest absolute Gasteiger partial charge is 0.252 e. The Hall–Kier alpha value is -1.81. The highest BCUT2D eigenvalue weighted by Crippen LogP contribution is 2.16. The maximum Gasteiger partial charge on any atom is 0.252 e. The Labute approximate surface area is 106 Å². The molecule has 0 spiro atoms. The first kappa shape index (κ1) is 12.6. The molecule has 0 bridgehead atoms. The van der Waals surface area contributed by atoms with Crippen LogP contribution in [0.15, 0.2) is 30.5 Å². The number of ether oxygens (including phenoxy) is 1. The molecule has 2 aromatic rings. The summed E-state index contributed by atoms with van der Waals surface area (Å²) in [4.78, 5) is 15.1. The average molecular weight is 246 g/mol. The van der Waals surface area contributed by atoms with E-state index in [1.165, 1.54) is 0 Å². The van der Waals surface area contributed by atoms with E-state index in [0.29, 0.717) is 18.7 Å². The summed E-state index contributed by atoms with van der Waals surface area (Å²) >= 11 is 0. The van der Waals surface area contributed by atoms with Crippen molar-refractivity contribution in [2.75, 3.05) is 13.2 Å². The Kier molecular flexibility index (Phi) is 3.99. The molecular formula is C14H18N2O2. The van der Waals surface area contributed by atoms with Gasteiger partial charge in [0.05, 0.1) is 12.7 Å². The number of amides is 1. The zero-order chi connectivity index (χ0) is 13.0. The van der Waals surface area contributed by atoms with Gasteiger partial charge in [-0.15, -0.1) is 0 Å². The van der Waals surface area contributed by atoms with Crippen molar-refractivity contribution in [2.45, 2.75) is 20.0 Å². The lowest BCUT2D eigenvalue weighted by molar-refractivity contribution is 0.0747. The van der Waals surface area contributed by atoms with Gasteiger partial charge in [0.15, 0.2) is 0 Å². The van der Waals surface area contributed by atoms with Crippen LogP contribution in [0.3, 0.4) is 0 Å². The molecule has 0 saturated heterocycles. The molecule has 2 N–H and O–H groups in total. The quantitative estimate of drug-likeness (QED) is 0.795. The summed E-state index contributed by atoms with van der Waals surface area (Å²) in [7, 11) is 0. The highest BCUT2D eigenvalue weighted by atomic mass is 16.5. The fraction of sp³-hybridized carbons (Fsp3) is 0.357. The number of hydrogen-bond acceptors (Lipinski definition) is 2. The summed E-state index contributed by atoms with van der Waals surface area (Å²) in [5.41, 5.74) is 1.67. The third kappa shape index (κ3) is 2.90. The molecule has 18 heavy (non-hydrogen) atoms. The normalized spacial score (nSPS) is 11.1. The van der Waals surface area contributed by atoms with Gasteiger partial charge in [-0.3, -0.25) is 4.79 Å². The largest absolute Gasteiger partial charge is 0.377 e. The predicted molar refractivity (Wildman–Crippen MR) is 71.7 cm³/mol. The number of hydrogen-bond donors (Lipinski definition) is 2. The van der Waals surface area contributed by atoms with E-state index in [1.807, 2.05) is 44.3 Å². The highest BCUT2D eigenvalue weighted by Gasteiger charge is 2.09. The second-order valence-electron chi connectivity index (χ2n) is 4.42. The van der Waals surface area contributed by atoms with E-state index >= 15 is 0 Å². The van der Waals surface area contributed by atoms with E-state index < -0.39 is 0 Å². The van der Waals surface area contributed by atoms with Crippen molar-refractivity contribution >= 4 is 16.8 Å². The summed E-state index contributed by atoms with van der Waals surface area (Å²) in [6.45, 7) is 5.01. The molecule has 0 unspecified atom stereocenters. The Morgan fingerprint density at radius 1 is 1.39 bits per heavy atom. The average Bonchev–Trinajstić information content (AvgIpc) is 2.82.